The lowest BCUT2D eigenvalue weighted by atomic mass is 9.92. The Morgan fingerprint density at radius 3 is 1.13 bits per heavy atom. The summed E-state index contributed by atoms with van der Waals surface area (Å²) in [6.07, 6.45) is 1.79. The Morgan fingerprint density at radius 1 is 0.241 bits per heavy atom. The summed E-state index contributed by atoms with van der Waals surface area (Å²) in [5.41, 5.74) is 20.9. The molecule has 0 spiro atoms. The van der Waals surface area contributed by atoms with Crippen molar-refractivity contribution in [1.82, 2.24) is 33.6 Å². The number of hydrogen-bond donors (Lipinski definition) is 0. The smallest absolute Gasteiger partial charge is 0.182 e. The van der Waals surface area contributed by atoms with E-state index in [1.54, 1.807) is 6.20 Å². The van der Waals surface area contributed by atoms with Crippen molar-refractivity contribution in [2.75, 3.05) is 0 Å². The summed E-state index contributed by atoms with van der Waals surface area (Å²) in [5, 5.41) is 7.11. The van der Waals surface area contributed by atoms with Crippen LogP contribution in [0.5, 0.6) is 0 Å². The van der Waals surface area contributed by atoms with Crippen molar-refractivity contribution in [1.29, 1.82) is 0 Å². The third kappa shape index (κ3) is 8.27. The fourth-order valence-electron chi connectivity index (χ4n) is 13.3. The van der Waals surface area contributed by atoms with E-state index >= 15 is 0 Å². The molecule has 0 radical (unpaired) electrons. The van der Waals surface area contributed by atoms with Crippen LogP contribution in [0.4, 0.5) is 0 Å². The summed E-state index contributed by atoms with van der Waals surface area (Å²) in [6, 6.07) is 108. The van der Waals surface area contributed by atoms with E-state index in [9.17, 15) is 0 Å². The van der Waals surface area contributed by atoms with E-state index in [4.69, 9.17) is 19.9 Å². The van der Waals surface area contributed by atoms with E-state index in [-0.39, 0.29) is 0 Å². The number of hydrogen-bond acceptors (Lipinski definition) is 4. The Morgan fingerprint density at radius 2 is 0.632 bits per heavy atom. The van der Waals surface area contributed by atoms with Gasteiger partial charge in [0.2, 0.25) is 0 Å². The van der Waals surface area contributed by atoms with Crippen molar-refractivity contribution in [3.63, 3.8) is 0 Å². The monoisotopic (exact) mass is 1110 g/mol. The Hall–Kier alpha value is -11.8. The fraction of sp³-hybridized carbons (Fsp3) is 0. The number of rotatable bonds is 10. The van der Waals surface area contributed by atoms with E-state index in [1.165, 1.54) is 38.0 Å². The number of fused-ring (bicyclic) bond motifs is 11. The van der Waals surface area contributed by atoms with E-state index in [1.807, 2.05) is 18.2 Å². The molecule has 12 aromatic carbocycles. The van der Waals surface area contributed by atoms with Gasteiger partial charge in [0.15, 0.2) is 17.5 Å². The lowest BCUT2D eigenvalue weighted by Gasteiger charge is -2.21. The van der Waals surface area contributed by atoms with Gasteiger partial charge in [-0.25, -0.2) is 15.0 Å². The summed E-state index contributed by atoms with van der Waals surface area (Å²) in [5.74, 6) is 1.56. The zero-order valence-electron chi connectivity index (χ0n) is 47.1. The van der Waals surface area contributed by atoms with Crippen LogP contribution in [0.25, 0.3) is 161 Å². The molecule has 0 aliphatic heterocycles. The van der Waals surface area contributed by atoms with E-state index in [0.717, 1.165) is 100 Å². The van der Waals surface area contributed by atoms with Crippen LogP contribution >= 0.6 is 0 Å². The predicted octanol–water partition coefficient (Wildman–Crippen LogP) is 20.2. The van der Waals surface area contributed by atoms with Crippen molar-refractivity contribution >= 4 is 65.4 Å². The molecule has 17 aromatic rings. The largest absolute Gasteiger partial charge is 0.309 e. The minimum Gasteiger partial charge on any atom is -0.309 e. The minimum atomic E-state index is 0.482. The molecule has 7 heteroatoms. The molecule has 0 aliphatic carbocycles. The zero-order valence-corrected chi connectivity index (χ0v) is 47.1. The maximum atomic E-state index is 5.52. The van der Waals surface area contributed by atoms with Gasteiger partial charge in [0.1, 0.15) is 5.69 Å². The van der Waals surface area contributed by atoms with Gasteiger partial charge in [0.05, 0.1) is 38.8 Å². The summed E-state index contributed by atoms with van der Waals surface area (Å²) in [7, 11) is 0. The van der Waals surface area contributed by atoms with Crippen molar-refractivity contribution < 1.29 is 0 Å². The molecule has 0 saturated heterocycles. The summed E-state index contributed by atoms with van der Waals surface area (Å²) < 4.78 is 7.48. The average molecular weight is 1110 g/mol. The first-order valence-corrected chi connectivity index (χ1v) is 29.5. The SMILES string of the molecule is c1ccc(-c2cc(-c3ccccc3)cc(-c3nc(-c4cc(-c5ccccc5)c(-n5c6ccccc6c6c5ccc5c7ccc8c(c9ccccc9n8-c8ccccc8)c7n(-c7ccccc7)c56)c(-c5ccccc5)c4)nc(-c4ccccn4)n3)c2)cc1. The fourth-order valence-corrected chi connectivity index (χ4v) is 13.3. The van der Waals surface area contributed by atoms with Gasteiger partial charge in [-0.15, -0.1) is 0 Å². The molecular formula is C80H51N7. The molecule has 0 saturated carbocycles. The van der Waals surface area contributed by atoms with Crippen LogP contribution in [-0.2, 0) is 0 Å². The number of para-hydroxylation sites is 4. The Balaban J connectivity index is 0.969. The van der Waals surface area contributed by atoms with Gasteiger partial charge in [-0.1, -0.05) is 212 Å². The van der Waals surface area contributed by atoms with Crippen LogP contribution in [0.2, 0.25) is 0 Å². The Labute approximate surface area is 501 Å². The first-order valence-electron chi connectivity index (χ1n) is 29.5. The molecule has 0 amide bonds. The third-order valence-corrected chi connectivity index (χ3v) is 17.1. The van der Waals surface area contributed by atoms with Crippen LogP contribution in [-0.4, -0.2) is 33.6 Å². The van der Waals surface area contributed by atoms with Gasteiger partial charge in [-0.2, -0.15) is 0 Å². The van der Waals surface area contributed by atoms with Crippen molar-refractivity contribution in [2.24, 2.45) is 0 Å². The van der Waals surface area contributed by atoms with Crippen LogP contribution in [0.15, 0.2) is 310 Å². The highest BCUT2D eigenvalue weighted by atomic mass is 15.1. The van der Waals surface area contributed by atoms with Crippen molar-refractivity contribution in [3.05, 3.63) is 310 Å². The summed E-state index contributed by atoms with van der Waals surface area (Å²) in [4.78, 5) is 21.0. The standard InChI is InChI=1S/C80H51N7/c1-7-25-52(26-8-1)56-47-57(53-27-9-2-10-28-53)49-58(48-56)78-82-79(84-80(83-78)68-39-23-24-46-81-68)59-50-66(54-29-11-3-12-30-54)75(67(51-59)55-31-13-4-14-32-55)87-70-41-22-20-38-65(70)74-72(87)45-43-63-62-42-44-71-73(76(62)86(77(63)74)61-35-17-6-18-36-61)64-37-19-21-40-69(64)85(71)60-33-15-5-16-34-60/h1-51H. The lowest BCUT2D eigenvalue weighted by Crippen LogP contribution is -2.04. The zero-order chi connectivity index (χ0) is 57.4. The summed E-state index contributed by atoms with van der Waals surface area (Å²) >= 11 is 0. The topological polar surface area (TPSA) is 66.3 Å². The molecule has 0 N–H and O–H groups in total. The molecule has 87 heavy (non-hydrogen) atoms. The first kappa shape index (κ1) is 49.8. The Kier molecular flexibility index (Phi) is 11.7. The molecule has 0 bridgehead atoms. The van der Waals surface area contributed by atoms with Crippen LogP contribution in [0, 0.1) is 0 Å². The van der Waals surface area contributed by atoms with Crippen LogP contribution in [0.1, 0.15) is 0 Å². The molecule has 0 unspecified atom stereocenters. The first-order chi connectivity index (χ1) is 43.2. The molecule has 406 valence electrons. The summed E-state index contributed by atoms with van der Waals surface area (Å²) in [6.45, 7) is 0. The van der Waals surface area contributed by atoms with E-state index in [0.29, 0.717) is 23.2 Å². The maximum absolute atomic E-state index is 5.52. The second kappa shape index (κ2) is 20.5. The average Bonchev–Trinajstić information content (AvgIpc) is 1.55. The third-order valence-electron chi connectivity index (χ3n) is 17.1. The molecule has 17 rings (SSSR count). The van der Waals surface area contributed by atoms with Gasteiger partial charge in [0, 0.05) is 72.1 Å². The van der Waals surface area contributed by atoms with Gasteiger partial charge < -0.3 is 13.7 Å². The van der Waals surface area contributed by atoms with Gasteiger partial charge in [-0.05, 0) is 124 Å². The molecule has 5 aromatic heterocycles. The molecule has 0 atom stereocenters. The maximum Gasteiger partial charge on any atom is 0.182 e. The number of aromatic nitrogens is 7. The van der Waals surface area contributed by atoms with Crippen LogP contribution in [0.3, 0.4) is 0 Å². The predicted molar refractivity (Wildman–Crippen MR) is 359 cm³/mol. The quantitative estimate of drug-likeness (QED) is 0.137. The molecule has 0 aliphatic rings. The van der Waals surface area contributed by atoms with Gasteiger partial charge >= 0.3 is 0 Å². The number of benzene rings is 12. The highest BCUT2D eigenvalue weighted by Gasteiger charge is 2.28. The second-order valence-corrected chi connectivity index (χ2v) is 22.1. The van der Waals surface area contributed by atoms with Crippen LogP contribution < -0.4 is 0 Å². The van der Waals surface area contributed by atoms with Gasteiger partial charge in [0.25, 0.3) is 0 Å². The molecule has 5 heterocycles. The van der Waals surface area contributed by atoms with E-state index < -0.39 is 0 Å². The molecule has 0 fully saturated rings. The van der Waals surface area contributed by atoms with E-state index in [2.05, 4.69) is 299 Å². The molecular weight excluding hydrogens is 1060 g/mol. The minimum absolute atomic E-state index is 0.482. The number of nitrogens with zero attached hydrogens (tertiary/aromatic N) is 7. The van der Waals surface area contributed by atoms with Crippen molar-refractivity contribution in [3.8, 4) is 95.9 Å². The normalized spacial score (nSPS) is 11.7. The second-order valence-electron chi connectivity index (χ2n) is 22.1. The lowest BCUT2D eigenvalue weighted by molar-refractivity contribution is 1.06. The molecule has 7 nitrogen and oxygen atoms in total. The van der Waals surface area contributed by atoms with Crippen molar-refractivity contribution in [2.45, 2.75) is 0 Å². The highest BCUT2D eigenvalue weighted by Crippen LogP contribution is 2.49. The number of pyridine rings is 1. The van der Waals surface area contributed by atoms with Gasteiger partial charge in [-0.3, -0.25) is 4.98 Å². The Bertz CT molecular complexity index is 5350. The highest BCUT2D eigenvalue weighted by molar-refractivity contribution is 6.32.